The third kappa shape index (κ3) is 7.24. The maximum atomic E-state index is 2.98. The lowest BCUT2D eigenvalue weighted by molar-refractivity contribution is 0.00223. The Hall–Kier alpha value is -8.90. The quantitative estimate of drug-likeness (QED) is 0.147. The monoisotopic (exact) mass is 1130 g/mol. The normalized spacial score (nSPS) is 20.9. The molecule has 0 amide bonds. The van der Waals surface area contributed by atoms with Crippen molar-refractivity contribution in [2.75, 3.05) is 19.6 Å². The second kappa shape index (κ2) is 18.6. The summed E-state index contributed by atoms with van der Waals surface area (Å²) < 4.78 is 0. The highest BCUT2D eigenvalue weighted by Gasteiger charge is 2.68. The van der Waals surface area contributed by atoms with E-state index in [1.54, 1.807) is 0 Å². The Morgan fingerprint density at radius 2 is 0.862 bits per heavy atom. The van der Waals surface area contributed by atoms with Gasteiger partial charge < -0.3 is 19.6 Å². The van der Waals surface area contributed by atoms with Crippen molar-refractivity contribution in [3.63, 3.8) is 0 Å². The number of benzene rings is 11. The molecule has 1 saturated heterocycles. The van der Waals surface area contributed by atoms with E-state index in [4.69, 9.17) is 0 Å². The summed E-state index contributed by atoms with van der Waals surface area (Å²) in [5.41, 5.74) is 29.8. The van der Waals surface area contributed by atoms with Gasteiger partial charge in [-0.3, -0.25) is 0 Å². The molecule has 3 bridgehead atoms. The zero-order valence-corrected chi connectivity index (χ0v) is 50.2. The summed E-state index contributed by atoms with van der Waals surface area (Å²) in [5.74, 6) is 1.77. The van der Waals surface area contributed by atoms with E-state index in [1.807, 2.05) is 11.8 Å². The molecule has 4 fully saturated rings. The molecule has 0 radical (unpaired) electrons. The van der Waals surface area contributed by atoms with Crippen LogP contribution in [0.15, 0.2) is 259 Å². The average Bonchev–Trinajstić information content (AvgIpc) is 1.05. The highest BCUT2D eigenvalue weighted by molar-refractivity contribution is 8.00. The van der Waals surface area contributed by atoms with Crippen molar-refractivity contribution >= 4 is 115 Å². The van der Waals surface area contributed by atoms with E-state index in [0.717, 1.165) is 11.8 Å². The molecule has 1 spiro atoms. The Balaban J connectivity index is 0.891. The molecule has 19 rings (SSSR count). The fraction of sp³-hybridized carbons (Fsp3) is 0.175. The summed E-state index contributed by atoms with van der Waals surface area (Å²) >= 11 is 2.03. The van der Waals surface area contributed by atoms with Gasteiger partial charge in [-0.2, -0.15) is 0 Å². The molecule has 11 aromatic carbocycles. The maximum absolute atomic E-state index is 2.98. The van der Waals surface area contributed by atoms with Gasteiger partial charge in [0.25, 0.3) is 6.71 Å². The van der Waals surface area contributed by atoms with Crippen LogP contribution in [0.25, 0.3) is 33.4 Å². The van der Waals surface area contributed by atoms with Gasteiger partial charge in [0.15, 0.2) is 0 Å². The summed E-state index contributed by atoms with van der Waals surface area (Å²) in [6.45, 7) is 7.06. The second-order valence-electron chi connectivity index (χ2n) is 27.2. The summed E-state index contributed by atoms with van der Waals surface area (Å²) in [4.78, 5) is 13.6. The van der Waals surface area contributed by atoms with Gasteiger partial charge in [-0.15, -0.1) is 0 Å². The van der Waals surface area contributed by atoms with E-state index in [0.29, 0.717) is 17.5 Å². The first-order valence-corrected chi connectivity index (χ1v) is 32.6. The Morgan fingerprint density at radius 3 is 1.43 bits per heavy atom. The first kappa shape index (κ1) is 50.3. The van der Waals surface area contributed by atoms with Crippen molar-refractivity contribution in [3.05, 3.63) is 254 Å². The molecular weight excluding hydrogens is 1070 g/mol. The van der Waals surface area contributed by atoms with Crippen LogP contribution in [0.4, 0.5) is 56.9 Å². The molecule has 87 heavy (non-hydrogen) atoms. The van der Waals surface area contributed by atoms with Gasteiger partial charge in [0.1, 0.15) is 0 Å². The van der Waals surface area contributed by atoms with Crippen molar-refractivity contribution in [1.82, 2.24) is 0 Å². The predicted molar refractivity (Wildman–Crippen MR) is 368 cm³/mol. The number of hydrogen-bond acceptors (Lipinski definition) is 5. The zero-order valence-electron chi connectivity index (χ0n) is 49.4. The van der Waals surface area contributed by atoms with Gasteiger partial charge in [-0.25, -0.2) is 0 Å². The number of fused-ring (bicyclic) bond motifs is 10. The van der Waals surface area contributed by atoms with E-state index in [9.17, 15) is 0 Å². The van der Waals surface area contributed by atoms with Crippen molar-refractivity contribution in [2.24, 2.45) is 17.3 Å². The van der Waals surface area contributed by atoms with Crippen LogP contribution >= 0.6 is 11.8 Å². The van der Waals surface area contributed by atoms with Crippen LogP contribution in [-0.4, -0.2) is 25.5 Å². The lowest BCUT2D eigenvalue weighted by Gasteiger charge is -2.49. The molecule has 0 aromatic heterocycles. The number of nitrogens with zero attached hydrogens (tertiary/aromatic N) is 4. The average molecular weight is 1140 g/mol. The van der Waals surface area contributed by atoms with Gasteiger partial charge in [-0.1, -0.05) is 208 Å². The van der Waals surface area contributed by atoms with Crippen LogP contribution in [0.3, 0.4) is 0 Å². The molecule has 4 unspecified atom stereocenters. The van der Waals surface area contributed by atoms with Crippen LogP contribution < -0.4 is 52.4 Å². The molecule has 4 nitrogen and oxygen atoms in total. The van der Waals surface area contributed by atoms with Gasteiger partial charge >= 0.3 is 0 Å². The maximum Gasteiger partial charge on any atom is 0.252 e. The Labute approximate surface area is 516 Å². The van der Waals surface area contributed by atoms with Crippen LogP contribution in [0, 0.1) is 17.3 Å². The summed E-state index contributed by atoms with van der Waals surface area (Å²) in [6.07, 6.45) is 6.81. The molecule has 5 heterocycles. The molecule has 11 aromatic rings. The first-order chi connectivity index (χ1) is 42.7. The lowest BCUT2D eigenvalue weighted by Crippen LogP contribution is -2.64. The SMILES string of the molecule is CC(C)(C)c1cc2c3c(c1)N(c1ccccc1)c1cc4c(cc1B3c1ccccc1N2c1ccccc1)B1c2ccccc2N(c2c(-c3ccccc3)cc(-c3ccccc3)cc2-c2ccccc2)c2cc(N3C5CC6CC7CC3CC67C5)cc(c21)S4. The topological polar surface area (TPSA) is 13.0 Å². The van der Waals surface area contributed by atoms with Crippen molar-refractivity contribution in [2.45, 2.75) is 80.2 Å². The third-order valence-electron chi connectivity index (χ3n) is 21.9. The molecule has 8 aliphatic rings. The predicted octanol–water partition coefficient (Wildman–Crippen LogP) is 16.6. The smallest absolute Gasteiger partial charge is 0.252 e. The fourth-order valence-electron chi connectivity index (χ4n) is 18.2. The molecule has 7 heteroatoms. The van der Waals surface area contributed by atoms with Crippen molar-refractivity contribution in [1.29, 1.82) is 0 Å². The second-order valence-corrected chi connectivity index (χ2v) is 28.3. The van der Waals surface area contributed by atoms with Gasteiger partial charge in [0, 0.05) is 84.2 Å². The summed E-state index contributed by atoms with van der Waals surface area (Å²) in [6, 6.07) is 96.4. The molecule has 3 saturated carbocycles. The van der Waals surface area contributed by atoms with Crippen molar-refractivity contribution in [3.8, 4) is 33.4 Å². The minimum atomic E-state index is -0.114. The van der Waals surface area contributed by atoms with Crippen LogP contribution in [-0.2, 0) is 5.41 Å². The zero-order chi connectivity index (χ0) is 57.4. The molecule has 3 aliphatic carbocycles. The van der Waals surface area contributed by atoms with E-state index >= 15 is 0 Å². The van der Waals surface area contributed by atoms with Crippen LogP contribution in [0.5, 0.6) is 0 Å². The Kier molecular flexibility index (Phi) is 10.7. The Bertz CT molecular complexity index is 4560. The van der Waals surface area contributed by atoms with E-state index in [-0.39, 0.29) is 18.8 Å². The first-order valence-electron chi connectivity index (χ1n) is 31.8. The highest BCUT2D eigenvalue weighted by Crippen LogP contribution is 2.73. The largest absolute Gasteiger partial charge is 0.365 e. The highest BCUT2D eigenvalue weighted by atomic mass is 32.2. The number of hydrogen-bond donors (Lipinski definition) is 0. The lowest BCUT2D eigenvalue weighted by atomic mass is 9.31. The van der Waals surface area contributed by atoms with Crippen LogP contribution in [0.1, 0.15) is 58.4 Å². The molecular formula is C80H64B2N4S. The minimum absolute atomic E-state index is 0.0238. The minimum Gasteiger partial charge on any atom is -0.365 e. The fourth-order valence-corrected chi connectivity index (χ4v) is 19.5. The van der Waals surface area contributed by atoms with E-state index in [1.165, 1.54) is 170 Å². The van der Waals surface area contributed by atoms with Crippen LogP contribution in [0.2, 0.25) is 0 Å². The Morgan fingerprint density at radius 1 is 0.379 bits per heavy atom. The van der Waals surface area contributed by atoms with E-state index in [2.05, 4.69) is 289 Å². The van der Waals surface area contributed by atoms with Gasteiger partial charge in [0.05, 0.1) is 5.69 Å². The standard InChI is InChI=1S/C80H64B2N4S/c1-79(2,3)54-42-71-76-72(43-54)85(58-31-17-8-18-32-58)70-47-74-67(46-66(70)81(76)64-33-19-21-35-68(64)84(71)57-29-15-7-16-30-57)82-65-34-20-22-36-69(65)86(73-44-59(45-75(87-74)77(73)82)83-60-40-55-39-56-41-61(83)49-80(55,56)48-60)78-62(51-25-11-5-12-26-51)37-53(50-23-9-4-10-24-50)38-63(78)52-27-13-6-14-28-52/h4-38,42-47,55-56,60-61H,39-41,48-49H2,1-3H3. The number of piperidine rings is 1. The summed E-state index contributed by atoms with van der Waals surface area (Å²) in [7, 11) is 0. The molecule has 416 valence electrons. The van der Waals surface area contributed by atoms with Gasteiger partial charge in [0.2, 0.25) is 6.71 Å². The summed E-state index contributed by atoms with van der Waals surface area (Å²) in [5, 5.41) is 0. The van der Waals surface area contributed by atoms with E-state index < -0.39 is 0 Å². The molecule has 0 N–H and O–H groups in total. The molecule has 5 aliphatic heterocycles. The number of para-hydroxylation sites is 4. The third-order valence-corrected chi connectivity index (χ3v) is 23.0. The van der Waals surface area contributed by atoms with Gasteiger partial charge in [-0.05, 0) is 189 Å². The molecule has 4 atom stereocenters. The van der Waals surface area contributed by atoms with Crippen molar-refractivity contribution < 1.29 is 0 Å². The number of anilines is 10. The number of rotatable bonds is 7.